The molecule has 7 heteroatoms. The van der Waals surface area contributed by atoms with Crippen molar-refractivity contribution in [2.75, 3.05) is 19.7 Å². The molecule has 1 saturated heterocycles. The minimum absolute atomic E-state index is 0. The molecule has 0 spiro atoms. The van der Waals surface area contributed by atoms with Crippen molar-refractivity contribution in [3.8, 4) is 0 Å². The smallest absolute Gasteiger partial charge is 0.241 e. The molecule has 3 atom stereocenters. The van der Waals surface area contributed by atoms with Crippen molar-refractivity contribution in [1.29, 1.82) is 0 Å². The van der Waals surface area contributed by atoms with Crippen molar-refractivity contribution in [3.05, 3.63) is 35.9 Å². The zero-order valence-electron chi connectivity index (χ0n) is 17.6. The van der Waals surface area contributed by atoms with Gasteiger partial charge in [0.25, 0.3) is 0 Å². The highest BCUT2D eigenvalue weighted by atomic mass is 35.5. The number of nitrogens with one attached hydrogen (secondary N) is 1. The molecule has 1 aromatic rings. The predicted molar refractivity (Wildman–Crippen MR) is 116 cm³/mol. The third-order valence-corrected chi connectivity index (χ3v) is 6.58. The number of likely N-dealkylation sites (tertiary alicyclic amines) is 1. The fourth-order valence-electron chi connectivity index (χ4n) is 4.29. The molecular weight excluding hydrogens is 390 g/mol. The number of rotatable bonds is 7. The van der Waals surface area contributed by atoms with E-state index < -0.39 is 11.0 Å². The molecule has 3 rings (SSSR count). The molecule has 162 valence electrons. The zero-order valence-corrected chi connectivity index (χ0v) is 18.5. The number of carbonyl (C=O) groups is 2. The van der Waals surface area contributed by atoms with Crippen LogP contribution in [0.5, 0.6) is 0 Å². The molecule has 0 radical (unpaired) electrons. The van der Waals surface area contributed by atoms with Gasteiger partial charge in [0.05, 0.1) is 6.10 Å². The quantitative estimate of drug-likeness (QED) is 0.704. The van der Waals surface area contributed by atoms with Gasteiger partial charge in [-0.15, -0.1) is 12.4 Å². The zero-order chi connectivity index (χ0) is 20.4. The monoisotopic (exact) mass is 423 g/mol. The summed E-state index contributed by atoms with van der Waals surface area (Å²) < 4.78 is 5.71. The van der Waals surface area contributed by atoms with Gasteiger partial charge in [-0.3, -0.25) is 9.59 Å². The molecule has 0 bridgehead atoms. The lowest BCUT2D eigenvalue weighted by Gasteiger charge is -2.57. The molecule has 1 saturated carbocycles. The van der Waals surface area contributed by atoms with E-state index in [2.05, 4.69) is 5.32 Å². The lowest BCUT2D eigenvalue weighted by molar-refractivity contribution is -0.171. The summed E-state index contributed by atoms with van der Waals surface area (Å²) in [5.74, 6) is 0.0143. The fraction of sp³-hybridized carbons (Fsp3) is 0.636. The number of nitrogens with two attached hydrogens (primary N) is 1. The van der Waals surface area contributed by atoms with Crippen LogP contribution < -0.4 is 11.1 Å². The standard InChI is InChI=1S/C22H33N3O3.ClH/c1-4-28-18-14-22(23,21(18,2)3)20(27)24-17-12-13-25(15-17)19(26)11-10-16-8-6-5-7-9-16;/h5-9,17-18H,4,10-15,23H2,1-3H3,(H,24,27);1H. The summed E-state index contributed by atoms with van der Waals surface area (Å²) >= 11 is 0. The number of aryl methyl sites for hydroxylation is 1. The SMILES string of the molecule is CCOC1CC(N)(C(=O)NC2CCN(C(=O)CCc3ccccc3)C2)C1(C)C.Cl. The Kier molecular flexibility index (Phi) is 7.71. The molecule has 3 unspecified atom stereocenters. The van der Waals surface area contributed by atoms with Crippen molar-refractivity contribution in [2.45, 2.75) is 64.1 Å². The van der Waals surface area contributed by atoms with Crippen molar-refractivity contribution in [3.63, 3.8) is 0 Å². The maximum Gasteiger partial charge on any atom is 0.241 e. The Bertz CT molecular complexity index is 713. The van der Waals surface area contributed by atoms with Crippen LogP contribution in [0.15, 0.2) is 30.3 Å². The molecule has 0 aromatic heterocycles. The Labute approximate surface area is 179 Å². The van der Waals surface area contributed by atoms with E-state index in [1.165, 1.54) is 5.56 Å². The van der Waals surface area contributed by atoms with Gasteiger partial charge in [-0.2, -0.15) is 0 Å². The first-order valence-electron chi connectivity index (χ1n) is 10.3. The summed E-state index contributed by atoms with van der Waals surface area (Å²) in [6.07, 6.45) is 2.55. The minimum Gasteiger partial charge on any atom is -0.378 e. The number of halogens is 1. The molecule has 29 heavy (non-hydrogen) atoms. The average molecular weight is 424 g/mol. The van der Waals surface area contributed by atoms with Gasteiger partial charge in [0.1, 0.15) is 5.54 Å². The predicted octanol–water partition coefficient (Wildman–Crippen LogP) is 2.29. The molecule has 2 fully saturated rings. The third-order valence-electron chi connectivity index (χ3n) is 6.58. The van der Waals surface area contributed by atoms with Crippen molar-refractivity contribution < 1.29 is 14.3 Å². The normalized spacial score (nSPS) is 27.7. The summed E-state index contributed by atoms with van der Waals surface area (Å²) in [5.41, 5.74) is 6.30. The summed E-state index contributed by atoms with van der Waals surface area (Å²) in [6, 6.07) is 10.00. The largest absolute Gasteiger partial charge is 0.378 e. The molecule has 2 amide bonds. The number of benzene rings is 1. The van der Waals surface area contributed by atoms with Gasteiger partial charge < -0.3 is 20.7 Å². The van der Waals surface area contributed by atoms with E-state index in [0.717, 1.165) is 12.8 Å². The van der Waals surface area contributed by atoms with Crippen LogP contribution >= 0.6 is 12.4 Å². The second-order valence-corrected chi connectivity index (χ2v) is 8.63. The van der Waals surface area contributed by atoms with Crippen LogP contribution in [0.25, 0.3) is 0 Å². The van der Waals surface area contributed by atoms with Gasteiger partial charge >= 0.3 is 0 Å². The second kappa shape index (κ2) is 9.45. The number of hydrogen-bond donors (Lipinski definition) is 2. The third kappa shape index (κ3) is 4.76. The van der Waals surface area contributed by atoms with Crippen molar-refractivity contribution >= 4 is 24.2 Å². The van der Waals surface area contributed by atoms with E-state index in [9.17, 15) is 9.59 Å². The Morgan fingerprint density at radius 2 is 1.97 bits per heavy atom. The van der Waals surface area contributed by atoms with Gasteiger partial charge in [-0.05, 0) is 25.3 Å². The van der Waals surface area contributed by atoms with Crippen LogP contribution in [0.2, 0.25) is 0 Å². The Morgan fingerprint density at radius 3 is 2.59 bits per heavy atom. The van der Waals surface area contributed by atoms with E-state index in [1.54, 1.807) is 0 Å². The Balaban J connectivity index is 0.00000300. The van der Waals surface area contributed by atoms with E-state index in [-0.39, 0.29) is 36.4 Å². The summed E-state index contributed by atoms with van der Waals surface area (Å²) in [6.45, 7) is 7.80. The number of ether oxygens (including phenoxy) is 1. The number of carbonyl (C=O) groups excluding carboxylic acids is 2. The lowest BCUT2D eigenvalue weighted by Crippen LogP contribution is -2.76. The maximum atomic E-state index is 12.9. The number of hydrogen-bond acceptors (Lipinski definition) is 4. The number of nitrogens with zero attached hydrogens (tertiary/aromatic N) is 1. The van der Waals surface area contributed by atoms with E-state index in [0.29, 0.717) is 32.5 Å². The summed E-state index contributed by atoms with van der Waals surface area (Å²) in [4.78, 5) is 27.2. The molecule has 1 aliphatic heterocycles. The Morgan fingerprint density at radius 1 is 1.28 bits per heavy atom. The molecule has 1 heterocycles. The van der Waals surface area contributed by atoms with Gasteiger partial charge in [-0.25, -0.2) is 0 Å². The fourth-order valence-corrected chi connectivity index (χ4v) is 4.29. The lowest BCUT2D eigenvalue weighted by atomic mass is 9.54. The highest BCUT2D eigenvalue weighted by Gasteiger charge is 2.63. The van der Waals surface area contributed by atoms with Crippen LogP contribution in [-0.2, 0) is 20.7 Å². The molecular formula is C22H34ClN3O3. The Hall–Kier alpha value is -1.63. The summed E-state index contributed by atoms with van der Waals surface area (Å²) in [7, 11) is 0. The average Bonchev–Trinajstić information content (AvgIpc) is 3.15. The van der Waals surface area contributed by atoms with E-state index in [1.807, 2.05) is 56.0 Å². The van der Waals surface area contributed by atoms with Crippen LogP contribution in [-0.4, -0.2) is 54.1 Å². The van der Waals surface area contributed by atoms with Gasteiger partial charge in [-0.1, -0.05) is 44.2 Å². The van der Waals surface area contributed by atoms with E-state index >= 15 is 0 Å². The van der Waals surface area contributed by atoms with Crippen molar-refractivity contribution in [2.24, 2.45) is 11.1 Å². The van der Waals surface area contributed by atoms with Gasteiger partial charge in [0, 0.05) is 44.0 Å². The number of amides is 2. The maximum absolute atomic E-state index is 12.9. The van der Waals surface area contributed by atoms with Gasteiger partial charge in [0.2, 0.25) is 11.8 Å². The van der Waals surface area contributed by atoms with Crippen LogP contribution in [0, 0.1) is 5.41 Å². The first kappa shape index (κ1) is 23.6. The molecule has 1 aliphatic carbocycles. The van der Waals surface area contributed by atoms with Crippen LogP contribution in [0.4, 0.5) is 0 Å². The highest BCUT2D eigenvalue weighted by molar-refractivity contribution is 5.89. The first-order valence-corrected chi connectivity index (χ1v) is 10.3. The molecule has 6 nitrogen and oxygen atoms in total. The topological polar surface area (TPSA) is 84.7 Å². The second-order valence-electron chi connectivity index (χ2n) is 8.63. The molecule has 2 aliphatic rings. The minimum atomic E-state index is -0.919. The highest BCUT2D eigenvalue weighted by Crippen LogP contribution is 2.49. The van der Waals surface area contributed by atoms with Crippen LogP contribution in [0.3, 0.4) is 0 Å². The van der Waals surface area contributed by atoms with Crippen LogP contribution in [0.1, 0.15) is 45.6 Å². The molecule has 1 aromatic carbocycles. The molecule has 3 N–H and O–H groups in total. The van der Waals surface area contributed by atoms with Gasteiger partial charge in [0.15, 0.2) is 0 Å². The summed E-state index contributed by atoms with van der Waals surface area (Å²) in [5, 5.41) is 3.08. The van der Waals surface area contributed by atoms with Crippen molar-refractivity contribution in [1.82, 2.24) is 10.2 Å². The van der Waals surface area contributed by atoms with E-state index in [4.69, 9.17) is 10.5 Å². The first-order chi connectivity index (χ1) is 13.3.